The summed E-state index contributed by atoms with van der Waals surface area (Å²) in [5.74, 6) is 1.13. The zero-order valence-corrected chi connectivity index (χ0v) is 20.5. The quantitative estimate of drug-likeness (QED) is 0.235. The standard InChI is InChI=1S/C33H28N3/c1-25-21-22-36(31(25)33-34(2)23-24-35(33)28-17-10-5-11-18-28)32-29(26-13-6-3-7-14-26)19-12-20-30(32)27-15-8-4-9-16-27/h3-24H,1-2H3/q+1. The Balaban J connectivity index is 1.67. The molecule has 4 aromatic carbocycles. The number of para-hydroxylation sites is 2. The van der Waals surface area contributed by atoms with E-state index in [4.69, 9.17) is 0 Å². The lowest BCUT2D eigenvalue weighted by Gasteiger charge is -2.19. The highest BCUT2D eigenvalue weighted by Gasteiger charge is 2.27. The van der Waals surface area contributed by atoms with Crippen LogP contribution in [0.2, 0.25) is 0 Å². The molecular formula is C33H28N3+. The van der Waals surface area contributed by atoms with Gasteiger partial charge < -0.3 is 4.57 Å². The van der Waals surface area contributed by atoms with Gasteiger partial charge in [-0.1, -0.05) is 97.1 Å². The highest BCUT2D eigenvalue weighted by Crippen LogP contribution is 2.39. The van der Waals surface area contributed by atoms with E-state index < -0.39 is 0 Å². The highest BCUT2D eigenvalue weighted by molar-refractivity contribution is 5.86. The van der Waals surface area contributed by atoms with E-state index in [9.17, 15) is 0 Å². The van der Waals surface area contributed by atoms with Crippen molar-refractivity contribution in [2.45, 2.75) is 6.92 Å². The van der Waals surface area contributed by atoms with E-state index in [0.29, 0.717) is 0 Å². The number of rotatable bonds is 5. The molecule has 0 spiro atoms. The summed E-state index contributed by atoms with van der Waals surface area (Å²) in [7, 11) is 2.12. The van der Waals surface area contributed by atoms with Gasteiger partial charge in [0.2, 0.25) is 0 Å². The highest BCUT2D eigenvalue weighted by atomic mass is 15.2. The van der Waals surface area contributed by atoms with Crippen LogP contribution in [-0.2, 0) is 7.05 Å². The van der Waals surface area contributed by atoms with Crippen LogP contribution in [0.1, 0.15) is 5.56 Å². The van der Waals surface area contributed by atoms with Crippen LogP contribution in [0.5, 0.6) is 0 Å². The average molecular weight is 467 g/mol. The van der Waals surface area contributed by atoms with Crippen molar-refractivity contribution in [3.05, 3.63) is 139 Å². The topological polar surface area (TPSA) is 13.7 Å². The molecule has 6 rings (SSSR count). The van der Waals surface area contributed by atoms with Crippen LogP contribution < -0.4 is 4.57 Å². The smallest absolute Gasteiger partial charge is 0.309 e. The monoisotopic (exact) mass is 466 g/mol. The lowest BCUT2D eigenvalue weighted by Crippen LogP contribution is -2.30. The molecule has 0 N–H and O–H groups in total. The van der Waals surface area contributed by atoms with Crippen molar-refractivity contribution in [3.8, 4) is 45.1 Å². The number of hydrogen-bond donors (Lipinski definition) is 0. The van der Waals surface area contributed by atoms with E-state index in [0.717, 1.165) is 11.5 Å². The van der Waals surface area contributed by atoms with Crippen molar-refractivity contribution < 1.29 is 4.57 Å². The first-order valence-electron chi connectivity index (χ1n) is 12.3. The SMILES string of the molecule is Cc1ccn(-c2c(-c3ccccc3)cccc2-c2ccccc2)c1-c1n(-c2ccccc2)cc[n+]1C. The zero-order valence-electron chi connectivity index (χ0n) is 20.5. The molecule has 36 heavy (non-hydrogen) atoms. The van der Waals surface area contributed by atoms with Crippen molar-refractivity contribution in [1.82, 2.24) is 9.13 Å². The number of imidazole rings is 1. The average Bonchev–Trinajstić information content (AvgIpc) is 3.51. The Hall–Kier alpha value is -4.63. The molecule has 3 nitrogen and oxygen atoms in total. The van der Waals surface area contributed by atoms with Crippen molar-refractivity contribution in [1.29, 1.82) is 0 Å². The molecule has 0 saturated carbocycles. The number of benzene rings is 4. The minimum absolute atomic E-state index is 1.13. The third-order valence-corrected chi connectivity index (χ3v) is 6.78. The first-order chi connectivity index (χ1) is 17.7. The van der Waals surface area contributed by atoms with Gasteiger partial charge in [0.15, 0.2) is 0 Å². The van der Waals surface area contributed by atoms with Crippen molar-refractivity contribution in [2.24, 2.45) is 7.05 Å². The summed E-state index contributed by atoms with van der Waals surface area (Å²) in [6.45, 7) is 2.20. The maximum absolute atomic E-state index is 2.37. The molecule has 0 aliphatic rings. The summed E-state index contributed by atoms with van der Waals surface area (Å²) in [4.78, 5) is 0. The van der Waals surface area contributed by atoms with Crippen LogP contribution in [0.4, 0.5) is 0 Å². The van der Waals surface area contributed by atoms with Gasteiger partial charge in [-0.05, 0) is 41.8 Å². The number of aromatic nitrogens is 3. The van der Waals surface area contributed by atoms with Crippen LogP contribution in [0.15, 0.2) is 134 Å². The molecule has 6 aromatic rings. The number of aryl methyl sites for hydroxylation is 2. The predicted molar refractivity (Wildman–Crippen MR) is 147 cm³/mol. The summed E-state index contributed by atoms with van der Waals surface area (Å²) >= 11 is 0. The lowest BCUT2D eigenvalue weighted by molar-refractivity contribution is -0.659. The molecule has 174 valence electrons. The Kier molecular flexibility index (Phi) is 5.59. The first kappa shape index (κ1) is 21.9. The molecule has 0 radical (unpaired) electrons. The van der Waals surface area contributed by atoms with E-state index in [1.54, 1.807) is 0 Å². The van der Waals surface area contributed by atoms with Gasteiger partial charge in [0.1, 0.15) is 23.8 Å². The molecule has 2 aromatic heterocycles. The van der Waals surface area contributed by atoms with E-state index in [1.807, 2.05) is 0 Å². The third-order valence-electron chi connectivity index (χ3n) is 6.78. The Morgan fingerprint density at radius 2 is 1.11 bits per heavy atom. The molecule has 0 amide bonds. The Morgan fingerprint density at radius 3 is 1.69 bits per heavy atom. The van der Waals surface area contributed by atoms with Gasteiger partial charge >= 0.3 is 5.82 Å². The van der Waals surface area contributed by atoms with Gasteiger partial charge in [-0.15, -0.1) is 0 Å². The molecule has 0 atom stereocenters. The van der Waals surface area contributed by atoms with E-state index in [1.165, 1.54) is 39.2 Å². The minimum atomic E-state index is 1.13. The molecular weight excluding hydrogens is 438 g/mol. The number of nitrogens with zero attached hydrogens (tertiary/aromatic N) is 3. The van der Waals surface area contributed by atoms with Crippen molar-refractivity contribution in [3.63, 3.8) is 0 Å². The largest absolute Gasteiger partial charge is 0.311 e. The van der Waals surface area contributed by atoms with Crippen LogP contribution >= 0.6 is 0 Å². The van der Waals surface area contributed by atoms with Gasteiger partial charge in [0.25, 0.3) is 0 Å². The second kappa shape index (κ2) is 9.20. The molecule has 2 heterocycles. The van der Waals surface area contributed by atoms with Crippen LogP contribution in [0, 0.1) is 6.92 Å². The van der Waals surface area contributed by atoms with Gasteiger partial charge in [0.05, 0.1) is 12.7 Å². The maximum atomic E-state index is 2.37. The molecule has 0 saturated heterocycles. The molecule has 0 aliphatic heterocycles. The van der Waals surface area contributed by atoms with E-state index in [2.05, 4.69) is 162 Å². The normalized spacial score (nSPS) is 11.1. The summed E-state index contributed by atoms with van der Waals surface area (Å²) < 4.78 is 6.85. The maximum Gasteiger partial charge on any atom is 0.311 e. The molecule has 3 heteroatoms. The number of hydrogen-bond acceptors (Lipinski definition) is 0. The second-order valence-corrected chi connectivity index (χ2v) is 9.09. The summed E-state index contributed by atoms with van der Waals surface area (Å²) in [5, 5.41) is 0. The Labute approximate surface area is 212 Å². The minimum Gasteiger partial charge on any atom is -0.309 e. The van der Waals surface area contributed by atoms with Gasteiger partial charge in [-0.2, -0.15) is 4.57 Å². The second-order valence-electron chi connectivity index (χ2n) is 9.09. The molecule has 0 unspecified atom stereocenters. The zero-order chi connectivity index (χ0) is 24.5. The van der Waals surface area contributed by atoms with Crippen LogP contribution in [0.3, 0.4) is 0 Å². The van der Waals surface area contributed by atoms with E-state index >= 15 is 0 Å². The summed E-state index contributed by atoms with van der Waals surface area (Å²) in [6, 6.07) is 40.7. The van der Waals surface area contributed by atoms with Crippen molar-refractivity contribution in [2.75, 3.05) is 0 Å². The van der Waals surface area contributed by atoms with Gasteiger partial charge in [-0.3, -0.25) is 0 Å². The molecule has 0 bridgehead atoms. The predicted octanol–water partition coefficient (Wildman–Crippen LogP) is 7.40. The summed E-state index contributed by atoms with van der Waals surface area (Å²) in [6.07, 6.45) is 6.48. The van der Waals surface area contributed by atoms with Crippen molar-refractivity contribution >= 4 is 0 Å². The summed E-state index contributed by atoms with van der Waals surface area (Å²) in [5.41, 5.74) is 9.52. The Bertz CT molecular complexity index is 1570. The fourth-order valence-electron chi connectivity index (χ4n) is 5.06. The van der Waals surface area contributed by atoms with Gasteiger partial charge in [-0.25, -0.2) is 4.57 Å². The molecule has 0 aliphatic carbocycles. The third kappa shape index (κ3) is 3.75. The van der Waals surface area contributed by atoms with Gasteiger partial charge in [0, 0.05) is 17.3 Å². The van der Waals surface area contributed by atoms with Crippen LogP contribution in [-0.4, -0.2) is 9.13 Å². The fraction of sp³-hybridized carbons (Fsp3) is 0.0606. The Morgan fingerprint density at radius 1 is 0.556 bits per heavy atom. The van der Waals surface area contributed by atoms with Crippen LogP contribution in [0.25, 0.3) is 45.1 Å². The first-order valence-corrected chi connectivity index (χ1v) is 12.3. The lowest BCUT2D eigenvalue weighted by atomic mass is 9.95. The fourth-order valence-corrected chi connectivity index (χ4v) is 5.06. The molecule has 0 fully saturated rings. The van der Waals surface area contributed by atoms with E-state index in [-0.39, 0.29) is 0 Å².